The Labute approximate surface area is 140 Å². The summed E-state index contributed by atoms with van der Waals surface area (Å²) >= 11 is 0. The standard InChI is InChI=1S/C20H30O3/c1-15(2)17(22)9-13-19(3)10-5-11-20(4)18(23-20)7-6-16(14-21)8-12-19/h5,8,10,14,17-18,22H,1,6-7,9,11-13H2,2-4H3/b10-5+,16-8+/t17-,18+,19-,20-/m1/s1. The third-order valence-electron chi connectivity index (χ3n) is 5.31. The van der Waals surface area contributed by atoms with Crippen LogP contribution in [0.15, 0.2) is 36.0 Å². The lowest BCUT2D eigenvalue weighted by molar-refractivity contribution is -0.105. The van der Waals surface area contributed by atoms with Gasteiger partial charge in [-0.1, -0.05) is 37.3 Å². The van der Waals surface area contributed by atoms with Crippen LogP contribution in [0, 0.1) is 5.41 Å². The number of epoxide rings is 1. The number of ether oxygens (including phenoxy) is 1. The van der Waals surface area contributed by atoms with Gasteiger partial charge in [-0.25, -0.2) is 0 Å². The van der Waals surface area contributed by atoms with E-state index in [9.17, 15) is 9.90 Å². The molecule has 0 aromatic heterocycles. The predicted molar refractivity (Wildman–Crippen MR) is 93.2 cm³/mol. The first-order chi connectivity index (χ1) is 10.8. The molecular weight excluding hydrogens is 288 g/mol. The van der Waals surface area contributed by atoms with Crippen molar-refractivity contribution in [2.24, 2.45) is 5.41 Å². The molecule has 1 aliphatic carbocycles. The van der Waals surface area contributed by atoms with E-state index < -0.39 is 6.10 Å². The molecule has 0 aromatic rings. The summed E-state index contributed by atoms with van der Waals surface area (Å²) in [5, 5.41) is 10.0. The lowest BCUT2D eigenvalue weighted by Gasteiger charge is -2.26. The van der Waals surface area contributed by atoms with Crippen molar-refractivity contribution in [2.75, 3.05) is 0 Å². The number of carbonyl (C=O) groups is 1. The van der Waals surface area contributed by atoms with E-state index in [2.05, 4.69) is 38.7 Å². The van der Waals surface area contributed by atoms with Crippen molar-refractivity contribution in [3.63, 3.8) is 0 Å². The molecule has 1 N–H and O–H groups in total. The van der Waals surface area contributed by atoms with E-state index >= 15 is 0 Å². The molecule has 0 radical (unpaired) electrons. The smallest absolute Gasteiger partial charge is 0.145 e. The van der Waals surface area contributed by atoms with Crippen LogP contribution in [0.3, 0.4) is 0 Å². The normalized spacial score (nSPS) is 39.1. The molecular formula is C20H30O3. The molecule has 1 fully saturated rings. The van der Waals surface area contributed by atoms with Gasteiger partial charge >= 0.3 is 0 Å². The van der Waals surface area contributed by atoms with Crippen LogP contribution in [0.2, 0.25) is 0 Å². The van der Waals surface area contributed by atoms with Crippen LogP contribution >= 0.6 is 0 Å². The third-order valence-corrected chi connectivity index (χ3v) is 5.31. The Bertz CT molecular complexity index is 519. The molecule has 128 valence electrons. The Morgan fingerprint density at radius 3 is 2.91 bits per heavy atom. The van der Waals surface area contributed by atoms with Gasteiger partial charge < -0.3 is 9.84 Å². The van der Waals surface area contributed by atoms with Gasteiger partial charge in [-0.2, -0.15) is 0 Å². The van der Waals surface area contributed by atoms with E-state index in [4.69, 9.17) is 4.74 Å². The highest BCUT2D eigenvalue weighted by Gasteiger charge is 2.50. The molecule has 4 atom stereocenters. The molecule has 0 saturated carbocycles. The van der Waals surface area contributed by atoms with Crippen LogP contribution in [-0.2, 0) is 9.53 Å². The van der Waals surface area contributed by atoms with Gasteiger partial charge in [0, 0.05) is 0 Å². The van der Waals surface area contributed by atoms with E-state index in [1.54, 1.807) is 0 Å². The maximum atomic E-state index is 11.3. The molecule has 23 heavy (non-hydrogen) atoms. The van der Waals surface area contributed by atoms with Gasteiger partial charge in [-0.15, -0.1) is 0 Å². The molecule has 3 nitrogen and oxygen atoms in total. The summed E-state index contributed by atoms with van der Waals surface area (Å²) in [5.74, 6) is 0. The maximum Gasteiger partial charge on any atom is 0.145 e. The van der Waals surface area contributed by atoms with Crippen LogP contribution in [0.4, 0.5) is 0 Å². The highest BCUT2D eigenvalue weighted by Crippen LogP contribution is 2.44. The number of aliphatic hydroxyl groups excluding tert-OH is 1. The highest BCUT2D eigenvalue weighted by molar-refractivity contribution is 5.73. The van der Waals surface area contributed by atoms with Crippen molar-refractivity contribution < 1.29 is 14.6 Å². The van der Waals surface area contributed by atoms with E-state index in [0.29, 0.717) is 6.42 Å². The number of aldehydes is 1. The van der Waals surface area contributed by atoms with Gasteiger partial charge in [-0.05, 0) is 63.4 Å². The van der Waals surface area contributed by atoms with Gasteiger partial charge in [-0.3, -0.25) is 4.79 Å². The number of hydrogen-bond donors (Lipinski definition) is 1. The molecule has 2 aliphatic rings. The zero-order chi connectivity index (χ0) is 17.1. The van der Waals surface area contributed by atoms with Crippen molar-refractivity contribution in [1.29, 1.82) is 0 Å². The van der Waals surface area contributed by atoms with Crippen LogP contribution in [0.5, 0.6) is 0 Å². The summed E-state index contributed by atoms with van der Waals surface area (Å²) < 4.78 is 5.82. The summed E-state index contributed by atoms with van der Waals surface area (Å²) in [6.07, 6.45) is 12.3. The number of rotatable bonds is 5. The van der Waals surface area contributed by atoms with Crippen molar-refractivity contribution in [2.45, 2.75) is 77.1 Å². The average molecular weight is 318 g/mol. The monoisotopic (exact) mass is 318 g/mol. The molecule has 0 amide bonds. The van der Waals surface area contributed by atoms with Gasteiger partial charge in [0.15, 0.2) is 0 Å². The molecule has 2 rings (SSSR count). The van der Waals surface area contributed by atoms with Crippen LogP contribution in [0.1, 0.15) is 59.3 Å². The summed E-state index contributed by atoms with van der Waals surface area (Å²) in [7, 11) is 0. The first-order valence-electron chi connectivity index (χ1n) is 8.61. The molecule has 0 bridgehead atoms. The zero-order valence-corrected chi connectivity index (χ0v) is 14.7. The molecule has 0 aromatic carbocycles. The number of hydrogen-bond acceptors (Lipinski definition) is 3. The maximum absolute atomic E-state index is 11.3. The molecule has 0 unspecified atom stereocenters. The van der Waals surface area contributed by atoms with Crippen LogP contribution in [-0.4, -0.2) is 29.2 Å². The Morgan fingerprint density at radius 2 is 2.26 bits per heavy atom. The summed E-state index contributed by atoms with van der Waals surface area (Å²) in [6.45, 7) is 10.0. The number of allylic oxidation sites excluding steroid dienone is 3. The second kappa shape index (κ2) is 7.14. The number of fused-ring (bicyclic) bond motifs is 1. The largest absolute Gasteiger partial charge is 0.389 e. The Hall–Kier alpha value is -1.19. The lowest BCUT2D eigenvalue weighted by atomic mass is 9.79. The fourth-order valence-electron chi connectivity index (χ4n) is 3.25. The van der Waals surface area contributed by atoms with Crippen molar-refractivity contribution in [1.82, 2.24) is 0 Å². The fourth-order valence-corrected chi connectivity index (χ4v) is 3.25. The SMILES string of the molecule is C=C(C)[C@H](O)CC[C@]1(C)/C=C/C[C@@]2(C)O[C@H]2CC/C(C=O)=C\C1. The topological polar surface area (TPSA) is 49.8 Å². The summed E-state index contributed by atoms with van der Waals surface area (Å²) in [6, 6.07) is 0. The summed E-state index contributed by atoms with van der Waals surface area (Å²) in [4.78, 5) is 11.3. The highest BCUT2D eigenvalue weighted by atomic mass is 16.6. The van der Waals surface area contributed by atoms with E-state index in [-0.39, 0.29) is 17.1 Å². The molecule has 1 saturated heterocycles. The molecule has 0 spiro atoms. The van der Waals surface area contributed by atoms with Gasteiger partial charge in [0.2, 0.25) is 0 Å². The number of aliphatic hydroxyl groups is 1. The van der Waals surface area contributed by atoms with Crippen LogP contribution in [0.25, 0.3) is 0 Å². The number of carbonyl (C=O) groups excluding carboxylic acids is 1. The van der Waals surface area contributed by atoms with Crippen molar-refractivity contribution in [3.05, 3.63) is 36.0 Å². The Morgan fingerprint density at radius 1 is 1.52 bits per heavy atom. The first kappa shape index (κ1) is 18.2. The third kappa shape index (κ3) is 4.89. The van der Waals surface area contributed by atoms with Gasteiger partial charge in [0.25, 0.3) is 0 Å². The summed E-state index contributed by atoms with van der Waals surface area (Å²) in [5.41, 5.74) is 1.55. The van der Waals surface area contributed by atoms with Crippen molar-refractivity contribution in [3.8, 4) is 0 Å². The van der Waals surface area contributed by atoms with E-state index in [1.807, 2.05) is 6.92 Å². The minimum atomic E-state index is -0.457. The minimum absolute atomic E-state index is 0.0597. The second-order valence-electron chi connectivity index (χ2n) is 7.72. The molecule has 1 aliphatic heterocycles. The quantitative estimate of drug-likeness (QED) is 0.471. The van der Waals surface area contributed by atoms with Crippen molar-refractivity contribution >= 4 is 6.29 Å². The molecule has 1 heterocycles. The minimum Gasteiger partial charge on any atom is -0.389 e. The van der Waals surface area contributed by atoms with E-state index in [1.165, 1.54) is 0 Å². The molecule has 3 heteroatoms. The fraction of sp³-hybridized carbons (Fsp3) is 0.650. The van der Waals surface area contributed by atoms with Crippen LogP contribution < -0.4 is 0 Å². The Balaban J connectivity index is 2.12. The lowest BCUT2D eigenvalue weighted by Crippen LogP contribution is -2.18. The van der Waals surface area contributed by atoms with Gasteiger partial charge in [0.1, 0.15) is 6.29 Å². The Kier molecular flexibility index (Phi) is 5.64. The van der Waals surface area contributed by atoms with E-state index in [0.717, 1.165) is 49.5 Å². The zero-order valence-electron chi connectivity index (χ0n) is 14.7. The second-order valence-corrected chi connectivity index (χ2v) is 7.72. The average Bonchev–Trinajstić information content (AvgIpc) is 3.14. The first-order valence-corrected chi connectivity index (χ1v) is 8.61. The van der Waals surface area contributed by atoms with Gasteiger partial charge in [0.05, 0.1) is 17.8 Å². The predicted octanol–water partition coefficient (Wildman–Crippen LogP) is 4.12.